The lowest BCUT2D eigenvalue weighted by Gasteiger charge is -2.36. The molecule has 0 bridgehead atoms. The van der Waals surface area contributed by atoms with Crippen molar-refractivity contribution in [3.05, 3.63) is 71.1 Å². The molecule has 1 aromatic carbocycles. The van der Waals surface area contributed by atoms with Crippen LogP contribution in [0.4, 0.5) is 4.39 Å². The van der Waals surface area contributed by atoms with Crippen LogP contribution in [0.1, 0.15) is 17.3 Å². The van der Waals surface area contributed by atoms with Gasteiger partial charge in [0.25, 0.3) is 0 Å². The highest BCUT2D eigenvalue weighted by Gasteiger charge is 2.24. The first-order valence-electron chi connectivity index (χ1n) is 8.35. The summed E-state index contributed by atoms with van der Waals surface area (Å²) in [6.07, 6.45) is 1.78. The topological polar surface area (TPSA) is 41.0 Å². The van der Waals surface area contributed by atoms with Crippen LogP contribution in [0.15, 0.2) is 54.0 Å². The molecule has 3 aromatic rings. The smallest absolute Gasteiger partial charge is 0.142 e. The van der Waals surface area contributed by atoms with Crippen molar-refractivity contribution >= 4 is 23.7 Å². The van der Waals surface area contributed by atoms with Gasteiger partial charge in [-0.1, -0.05) is 18.2 Å². The number of nitrogens with zero attached hydrogens (tertiary/aromatic N) is 3. The quantitative estimate of drug-likeness (QED) is 0.733. The van der Waals surface area contributed by atoms with Crippen molar-refractivity contribution in [2.45, 2.75) is 12.6 Å². The van der Waals surface area contributed by atoms with E-state index < -0.39 is 0 Å². The monoisotopic (exact) mass is 390 g/mol. The zero-order valence-electron chi connectivity index (χ0n) is 14.1. The van der Waals surface area contributed by atoms with Gasteiger partial charge in [-0.3, -0.25) is 9.88 Å². The third kappa shape index (κ3) is 4.27. The molecule has 1 aliphatic rings. The summed E-state index contributed by atoms with van der Waals surface area (Å²) in [5.41, 5.74) is 2.95. The summed E-state index contributed by atoms with van der Waals surface area (Å²) in [4.78, 5) is 11.5. The minimum atomic E-state index is -0.186. The predicted octanol–water partition coefficient (Wildman–Crippen LogP) is 3.91. The summed E-state index contributed by atoms with van der Waals surface area (Å²) < 4.78 is 13.6. The lowest BCUT2D eigenvalue weighted by atomic mass is 10.0. The summed E-state index contributed by atoms with van der Waals surface area (Å²) in [5, 5.41) is 6.44. The molecule has 0 spiro atoms. The van der Waals surface area contributed by atoms with Gasteiger partial charge >= 0.3 is 0 Å². The van der Waals surface area contributed by atoms with Crippen LogP contribution in [-0.2, 0) is 6.54 Å². The number of nitrogens with one attached hydrogen (secondary N) is 1. The zero-order valence-corrected chi connectivity index (χ0v) is 15.8. The molecule has 1 N–H and O–H groups in total. The van der Waals surface area contributed by atoms with Gasteiger partial charge in [0.2, 0.25) is 0 Å². The number of benzene rings is 1. The number of hydrogen-bond acceptors (Lipinski definition) is 5. The number of piperazine rings is 1. The van der Waals surface area contributed by atoms with E-state index in [-0.39, 0.29) is 24.3 Å². The van der Waals surface area contributed by atoms with Crippen molar-refractivity contribution in [2.24, 2.45) is 0 Å². The predicted molar refractivity (Wildman–Crippen MR) is 105 cm³/mol. The molecular formula is C19H20ClFN4S. The molecule has 26 heavy (non-hydrogen) atoms. The molecule has 1 aliphatic heterocycles. The Labute approximate surface area is 162 Å². The lowest BCUT2D eigenvalue weighted by Crippen LogP contribution is -2.45. The fraction of sp³-hybridized carbons (Fsp3) is 0.263. The Morgan fingerprint density at radius 3 is 2.96 bits per heavy atom. The number of aromatic nitrogens is 2. The third-order valence-corrected chi connectivity index (χ3v) is 5.30. The van der Waals surface area contributed by atoms with Gasteiger partial charge < -0.3 is 5.32 Å². The molecule has 0 radical (unpaired) electrons. The molecule has 0 saturated carbocycles. The van der Waals surface area contributed by atoms with Gasteiger partial charge in [0.15, 0.2) is 0 Å². The largest absolute Gasteiger partial charge is 0.314 e. The van der Waals surface area contributed by atoms with E-state index in [4.69, 9.17) is 4.98 Å². The van der Waals surface area contributed by atoms with Crippen molar-refractivity contribution < 1.29 is 4.39 Å². The number of thiazole rings is 1. The second kappa shape index (κ2) is 8.68. The number of pyridine rings is 1. The van der Waals surface area contributed by atoms with Crippen molar-refractivity contribution in [1.29, 1.82) is 0 Å². The Morgan fingerprint density at radius 1 is 1.23 bits per heavy atom. The van der Waals surface area contributed by atoms with E-state index in [9.17, 15) is 4.39 Å². The van der Waals surface area contributed by atoms with Crippen LogP contribution in [0.2, 0.25) is 0 Å². The van der Waals surface area contributed by atoms with Crippen LogP contribution in [0.25, 0.3) is 10.7 Å². The second-order valence-corrected chi connectivity index (χ2v) is 6.96. The molecule has 1 fully saturated rings. The van der Waals surface area contributed by atoms with Gasteiger partial charge in [-0.05, 0) is 29.8 Å². The molecule has 1 saturated heterocycles. The lowest BCUT2D eigenvalue weighted by molar-refractivity contribution is 0.152. The molecule has 7 heteroatoms. The van der Waals surface area contributed by atoms with Crippen LogP contribution >= 0.6 is 23.7 Å². The minimum Gasteiger partial charge on any atom is -0.314 e. The molecule has 4 rings (SSSR count). The highest BCUT2D eigenvalue weighted by molar-refractivity contribution is 7.13. The molecule has 0 aliphatic carbocycles. The van der Waals surface area contributed by atoms with Gasteiger partial charge in [0.05, 0.1) is 11.4 Å². The summed E-state index contributed by atoms with van der Waals surface area (Å²) in [5.74, 6) is -0.186. The maximum absolute atomic E-state index is 13.6. The van der Waals surface area contributed by atoms with E-state index >= 15 is 0 Å². The summed E-state index contributed by atoms with van der Waals surface area (Å²) in [7, 11) is 0. The molecule has 3 heterocycles. The number of hydrogen-bond donors (Lipinski definition) is 1. The summed E-state index contributed by atoms with van der Waals surface area (Å²) in [6, 6.07) is 12.9. The van der Waals surface area contributed by atoms with Gasteiger partial charge in [-0.25, -0.2) is 9.37 Å². The number of rotatable bonds is 4. The first-order chi connectivity index (χ1) is 12.3. The van der Waals surface area contributed by atoms with Crippen molar-refractivity contribution in [3.8, 4) is 10.7 Å². The highest BCUT2D eigenvalue weighted by atomic mass is 35.5. The maximum atomic E-state index is 13.6. The zero-order chi connectivity index (χ0) is 17.1. The fourth-order valence-electron chi connectivity index (χ4n) is 3.17. The summed E-state index contributed by atoms with van der Waals surface area (Å²) >= 11 is 1.61. The summed E-state index contributed by atoms with van der Waals surface area (Å²) in [6.45, 7) is 3.42. The van der Waals surface area contributed by atoms with E-state index in [1.165, 1.54) is 6.07 Å². The van der Waals surface area contributed by atoms with Crippen LogP contribution in [-0.4, -0.2) is 34.5 Å². The average Bonchev–Trinajstić information content (AvgIpc) is 3.11. The van der Waals surface area contributed by atoms with Gasteiger partial charge in [-0.2, -0.15) is 0 Å². The van der Waals surface area contributed by atoms with Crippen LogP contribution in [0.3, 0.4) is 0 Å². The van der Waals surface area contributed by atoms with Crippen LogP contribution < -0.4 is 5.32 Å². The van der Waals surface area contributed by atoms with Crippen LogP contribution in [0, 0.1) is 5.82 Å². The normalized spacial score (nSPS) is 17.7. The average molecular weight is 391 g/mol. The molecule has 1 atom stereocenters. The standard InChI is InChI=1S/C19H19FN4S.ClH/c20-15-5-3-4-14(10-15)18-11-21-8-9-24(18)12-16-13-25-19(23-16)17-6-1-2-7-22-17;/h1-7,10,13,18,21H,8-9,11-12H2;1H. The van der Waals surface area contributed by atoms with Crippen molar-refractivity contribution in [2.75, 3.05) is 19.6 Å². The second-order valence-electron chi connectivity index (χ2n) is 6.10. The molecular weight excluding hydrogens is 371 g/mol. The third-order valence-electron chi connectivity index (χ3n) is 4.39. The van der Waals surface area contributed by atoms with E-state index in [1.54, 1.807) is 29.7 Å². The Morgan fingerprint density at radius 2 is 2.15 bits per heavy atom. The first kappa shape index (κ1) is 18.9. The molecule has 0 amide bonds. The Balaban J connectivity index is 0.00000196. The van der Waals surface area contributed by atoms with E-state index in [1.807, 2.05) is 24.3 Å². The Kier molecular flexibility index (Phi) is 6.32. The molecule has 2 aromatic heterocycles. The van der Waals surface area contributed by atoms with Gasteiger partial charge in [0, 0.05) is 43.8 Å². The molecule has 136 valence electrons. The Bertz CT molecular complexity index is 842. The van der Waals surface area contributed by atoms with Crippen molar-refractivity contribution in [3.63, 3.8) is 0 Å². The Hall–Kier alpha value is -1.86. The van der Waals surface area contributed by atoms with E-state index in [2.05, 4.69) is 20.6 Å². The minimum absolute atomic E-state index is 0. The first-order valence-corrected chi connectivity index (χ1v) is 9.23. The molecule has 1 unspecified atom stereocenters. The van der Waals surface area contributed by atoms with Gasteiger partial charge in [-0.15, -0.1) is 23.7 Å². The SMILES string of the molecule is Cl.Fc1cccc(C2CNCCN2Cc2csc(-c3ccccn3)n2)c1. The van der Waals surface area contributed by atoms with E-state index in [0.29, 0.717) is 0 Å². The molecule has 4 nitrogen and oxygen atoms in total. The van der Waals surface area contributed by atoms with E-state index in [0.717, 1.165) is 48.1 Å². The van der Waals surface area contributed by atoms with Crippen LogP contribution in [0.5, 0.6) is 0 Å². The maximum Gasteiger partial charge on any atom is 0.142 e. The fourth-order valence-corrected chi connectivity index (χ4v) is 3.96. The number of halogens is 2. The van der Waals surface area contributed by atoms with Gasteiger partial charge in [0.1, 0.15) is 10.8 Å². The van der Waals surface area contributed by atoms with Crippen molar-refractivity contribution in [1.82, 2.24) is 20.2 Å². The highest BCUT2D eigenvalue weighted by Crippen LogP contribution is 2.27.